The van der Waals surface area contributed by atoms with Gasteiger partial charge in [0.05, 0.1) is 6.20 Å². The van der Waals surface area contributed by atoms with Gasteiger partial charge in [-0.15, -0.1) is 0 Å². The molecular weight excluding hydrogens is 415 g/mol. The second kappa shape index (κ2) is 7.11. The molecule has 3 heterocycles. The smallest absolute Gasteiger partial charge is 0.272 e. The molecule has 2 amide bonds. The molecule has 4 rings (SSSR count). The summed E-state index contributed by atoms with van der Waals surface area (Å²) in [5.41, 5.74) is 1.64. The van der Waals surface area contributed by atoms with Crippen molar-refractivity contribution in [3.63, 3.8) is 0 Å². The maximum absolute atomic E-state index is 13.0. The molecule has 0 bridgehead atoms. The summed E-state index contributed by atoms with van der Waals surface area (Å²) in [6, 6.07) is 9.21. The molecule has 6 nitrogen and oxygen atoms in total. The number of hydrogen-bond donors (Lipinski definition) is 0. The van der Waals surface area contributed by atoms with Crippen LogP contribution in [-0.2, 0) is 0 Å². The van der Waals surface area contributed by atoms with Crippen molar-refractivity contribution in [3.05, 3.63) is 70.3 Å². The minimum atomic E-state index is -0.373. The van der Waals surface area contributed by atoms with Gasteiger partial charge in [-0.25, -0.2) is 9.37 Å². The minimum Gasteiger partial charge on any atom is -0.335 e. The highest BCUT2D eigenvalue weighted by molar-refractivity contribution is 9.10. The van der Waals surface area contributed by atoms with Gasteiger partial charge in [0.15, 0.2) is 0 Å². The topological polar surface area (TPSA) is 57.9 Å². The van der Waals surface area contributed by atoms with Crippen molar-refractivity contribution in [1.82, 2.24) is 19.2 Å². The van der Waals surface area contributed by atoms with E-state index in [4.69, 9.17) is 0 Å². The van der Waals surface area contributed by atoms with Crippen molar-refractivity contribution in [3.8, 4) is 0 Å². The van der Waals surface area contributed by atoms with Gasteiger partial charge in [0, 0.05) is 42.4 Å². The quantitative estimate of drug-likeness (QED) is 0.627. The number of aromatic nitrogens is 2. The van der Waals surface area contributed by atoms with Gasteiger partial charge in [0.1, 0.15) is 17.2 Å². The summed E-state index contributed by atoms with van der Waals surface area (Å²) >= 11 is 3.41. The molecule has 0 unspecified atom stereocenters. The maximum Gasteiger partial charge on any atom is 0.272 e. The monoisotopic (exact) mass is 430 g/mol. The van der Waals surface area contributed by atoms with E-state index in [2.05, 4.69) is 20.9 Å². The van der Waals surface area contributed by atoms with E-state index in [-0.39, 0.29) is 17.6 Å². The average molecular weight is 431 g/mol. The van der Waals surface area contributed by atoms with E-state index in [1.165, 1.54) is 24.3 Å². The van der Waals surface area contributed by atoms with Gasteiger partial charge in [-0.3, -0.25) is 14.0 Å². The zero-order valence-electron chi connectivity index (χ0n) is 14.3. The SMILES string of the molecule is O=C(c1ccc(F)cc1)N1CCN(C(=O)c2cnc3ccc(Br)cn23)CC1. The van der Waals surface area contributed by atoms with Crippen molar-refractivity contribution >= 4 is 33.4 Å². The molecule has 0 atom stereocenters. The summed E-state index contributed by atoms with van der Waals surface area (Å²) in [4.78, 5) is 33.1. The van der Waals surface area contributed by atoms with Crippen molar-refractivity contribution < 1.29 is 14.0 Å². The third-order valence-electron chi connectivity index (χ3n) is 4.63. The standard InChI is InChI=1S/C19H16BrFN4O2/c20-14-3-6-17-22-11-16(25(17)12-14)19(27)24-9-7-23(8-10-24)18(26)13-1-4-15(21)5-2-13/h1-6,11-12H,7-10H2. The van der Waals surface area contributed by atoms with E-state index >= 15 is 0 Å². The first-order chi connectivity index (χ1) is 13.0. The number of piperazine rings is 1. The molecule has 0 N–H and O–H groups in total. The van der Waals surface area contributed by atoms with Crippen LogP contribution in [0.2, 0.25) is 0 Å². The highest BCUT2D eigenvalue weighted by Gasteiger charge is 2.27. The van der Waals surface area contributed by atoms with Crippen LogP contribution in [0.1, 0.15) is 20.8 Å². The van der Waals surface area contributed by atoms with Crippen LogP contribution in [0.4, 0.5) is 4.39 Å². The van der Waals surface area contributed by atoms with Gasteiger partial charge < -0.3 is 9.80 Å². The zero-order valence-corrected chi connectivity index (χ0v) is 15.9. The van der Waals surface area contributed by atoms with Crippen LogP contribution < -0.4 is 0 Å². The van der Waals surface area contributed by atoms with Crippen molar-refractivity contribution in [2.45, 2.75) is 0 Å². The molecule has 0 aliphatic carbocycles. The Balaban J connectivity index is 1.45. The van der Waals surface area contributed by atoms with Gasteiger partial charge in [-0.05, 0) is 52.3 Å². The predicted octanol–water partition coefficient (Wildman–Crippen LogP) is 2.83. The van der Waals surface area contributed by atoms with Crippen LogP contribution in [0.3, 0.4) is 0 Å². The highest BCUT2D eigenvalue weighted by atomic mass is 79.9. The van der Waals surface area contributed by atoms with E-state index in [9.17, 15) is 14.0 Å². The lowest BCUT2D eigenvalue weighted by molar-refractivity contribution is 0.0531. The largest absolute Gasteiger partial charge is 0.335 e. The summed E-state index contributed by atoms with van der Waals surface area (Å²) in [7, 11) is 0. The fraction of sp³-hybridized carbons (Fsp3) is 0.211. The number of pyridine rings is 1. The molecule has 8 heteroatoms. The number of halogens is 2. The Morgan fingerprint density at radius 1 is 0.926 bits per heavy atom. The maximum atomic E-state index is 13.0. The molecule has 1 fully saturated rings. The summed E-state index contributed by atoms with van der Waals surface area (Å²) in [6.07, 6.45) is 3.38. The zero-order chi connectivity index (χ0) is 19.0. The first kappa shape index (κ1) is 17.7. The molecule has 3 aromatic rings. The van der Waals surface area contributed by atoms with E-state index in [0.29, 0.717) is 43.1 Å². The Morgan fingerprint density at radius 2 is 1.56 bits per heavy atom. The number of fused-ring (bicyclic) bond motifs is 1. The average Bonchev–Trinajstić information content (AvgIpc) is 3.10. The Kier molecular flexibility index (Phi) is 4.65. The fourth-order valence-corrected chi connectivity index (χ4v) is 3.50. The van der Waals surface area contributed by atoms with Crippen molar-refractivity contribution in [1.29, 1.82) is 0 Å². The molecule has 0 saturated carbocycles. The summed E-state index contributed by atoms with van der Waals surface area (Å²) < 4.78 is 15.6. The molecule has 1 aliphatic heterocycles. The molecule has 1 saturated heterocycles. The lowest BCUT2D eigenvalue weighted by Crippen LogP contribution is -2.50. The number of carbonyl (C=O) groups is 2. The molecule has 1 aromatic carbocycles. The highest BCUT2D eigenvalue weighted by Crippen LogP contribution is 2.16. The Labute approximate surface area is 163 Å². The van der Waals surface area contributed by atoms with Crippen LogP contribution in [0, 0.1) is 5.82 Å². The Morgan fingerprint density at radius 3 is 2.22 bits per heavy atom. The summed E-state index contributed by atoms with van der Waals surface area (Å²) in [5, 5.41) is 0. The fourth-order valence-electron chi connectivity index (χ4n) is 3.16. The normalized spacial score (nSPS) is 14.6. The third kappa shape index (κ3) is 3.44. The van der Waals surface area contributed by atoms with E-state index in [1.54, 1.807) is 20.4 Å². The van der Waals surface area contributed by atoms with Crippen LogP contribution in [0.5, 0.6) is 0 Å². The van der Waals surface area contributed by atoms with Crippen LogP contribution >= 0.6 is 15.9 Å². The number of imidazole rings is 1. The number of amides is 2. The van der Waals surface area contributed by atoms with Gasteiger partial charge in [-0.2, -0.15) is 0 Å². The van der Waals surface area contributed by atoms with Crippen molar-refractivity contribution in [2.24, 2.45) is 0 Å². The van der Waals surface area contributed by atoms with E-state index in [0.717, 1.165) is 4.47 Å². The lowest BCUT2D eigenvalue weighted by atomic mass is 10.1. The molecule has 0 radical (unpaired) electrons. The first-order valence-corrected chi connectivity index (χ1v) is 9.29. The number of carbonyl (C=O) groups excluding carboxylic acids is 2. The van der Waals surface area contributed by atoms with E-state index in [1.807, 2.05) is 18.3 Å². The van der Waals surface area contributed by atoms with Gasteiger partial charge in [0.2, 0.25) is 0 Å². The number of benzene rings is 1. The molecule has 138 valence electrons. The molecule has 2 aromatic heterocycles. The number of rotatable bonds is 2. The molecule has 0 spiro atoms. The van der Waals surface area contributed by atoms with Crippen molar-refractivity contribution in [2.75, 3.05) is 26.2 Å². The third-order valence-corrected chi connectivity index (χ3v) is 5.10. The lowest BCUT2D eigenvalue weighted by Gasteiger charge is -2.34. The van der Waals surface area contributed by atoms with Gasteiger partial charge in [-0.1, -0.05) is 0 Å². The van der Waals surface area contributed by atoms with Gasteiger partial charge >= 0.3 is 0 Å². The summed E-state index contributed by atoms with van der Waals surface area (Å²) in [5.74, 6) is -0.642. The first-order valence-electron chi connectivity index (χ1n) is 8.49. The minimum absolute atomic E-state index is 0.116. The Hall–Kier alpha value is -2.74. The Bertz CT molecular complexity index is 1010. The molecular formula is C19H16BrFN4O2. The molecule has 1 aliphatic rings. The van der Waals surface area contributed by atoms with E-state index < -0.39 is 0 Å². The van der Waals surface area contributed by atoms with Gasteiger partial charge in [0.25, 0.3) is 11.8 Å². The van der Waals surface area contributed by atoms with Crippen LogP contribution in [0.15, 0.2) is 53.3 Å². The summed E-state index contributed by atoms with van der Waals surface area (Å²) in [6.45, 7) is 1.74. The molecule has 27 heavy (non-hydrogen) atoms. The second-order valence-corrected chi connectivity index (χ2v) is 7.23. The number of hydrogen-bond acceptors (Lipinski definition) is 3. The van der Waals surface area contributed by atoms with Crippen LogP contribution in [0.25, 0.3) is 5.65 Å². The van der Waals surface area contributed by atoms with Crippen LogP contribution in [-0.4, -0.2) is 57.2 Å². The predicted molar refractivity (Wildman–Crippen MR) is 101 cm³/mol. The number of nitrogens with zero attached hydrogens (tertiary/aromatic N) is 4. The second-order valence-electron chi connectivity index (χ2n) is 6.31.